The van der Waals surface area contributed by atoms with E-state index < -0.39 is 0 Å². The Bertz CT molecular complexity index is 397. The highest BCUT2D eigenvalue weighted by Crippen LogP contribution is 2.30. The molecule has 0 aromatic carbocycles. The average molecular weight is 264 g/mol. The Balaban J connectivity index is 1.87. The van der Waals surface area contributed by atoms with E-state index in [0.29, 0.717) is 12.1 Å². The van der Waals surface area contributed by atoms with Gasteiger partial charge < -0.3 is 14.6 Å². The van der Waals surface area contributed by atoms with Crippen LogP contribution in [0, 0.1) is 0 Å². The fourth-order valence-corrected chi connectivity index (χ4v) is 2.75. The monoisotopic (exact) mass is 264 g/mol. The molecule has 2 atom stereocenters. The molecule has 2 heterocycles. The van der Waals surface area contributed by atoms with Crippen molar-refractivity contribution in [2.75, 3.05) is 6.54 Å². The maximum Gasteiger partial charge on any atom is 0.0762 e. The minimum absolute atomic E-state index is 0.0661. The van der Waals surface area contributed by atoms with Crippen LogP contribution in [0.1, 0.15) is 58.6 Å². The molecule has 0 aliphatic carbocycles. The second-order valence-electron chi connectivity index (χ2n) is 6.36. The van der Waals surface area contributed by atoms with Crippen LogP contribution in [0.3, 0.4) is 0 Å². The van der Waals surface area contributed by atoms with Gasteiger partial charge in [0, 0.05) is 25.0 Å². The lowest BCUT2D eigenvalue weighted by molar-refractivity contribution is -0.0216. The van der Waals surface area contributed by atoms with E-state index in [1.807, 2.05) is 0 Å². The fourth-order valence-electron chi connectivity index (χ4n) is 2.75. The third kappa shape index (κ3) is 4.08. The van der Waals surface area contributed by atoms with Crippen molar-refractivity contribution in [2.45, 2.75) is 71.2 Å². The summed E-state index contributed by atoms with van der Waals surface area (Å²) in [4.78, 5) is 0. The Kier molecular flexibility index (Phi) is 4.69. The molecule has 0 amide bonds. The molecule has 0 spiro atoms. The summed E-state index contributed by atoms with van der Waals surface area (Å²) in [6, 6.07) is 2.65. The van der Waals surface area contributed by atoms with Crippen molar-refractivity contribution in [2.24, 2.45) is 0 Å². The molecule has 1 aliphatic heterocycles. The standard InChI is InChI=1S/C16H28N2O/c1-5-9-17-13(2)14-7-10-18(11-14)12-15-6-8-16(3,4)19-15/h7,10-11,13,15,17H,5-6,8-9,12H2,1-4H3. The van der Waals surface area contributed by atoms with Gasteiger partial charge in [0.05, 0.1) is 11.7 Å². The summed E-state index contributed by atoms with van der Waals surface area (Å²) in [5.74, 6) is 0. The Morgan fingerprint density at radius 3 is 2.95 bits per heavy atom. The molecule has 1 aromatic heterocycles. The van der Waals surface area contributed by atoms with Gasteiger partial charge in [-0.05, 0) is 58.2 Å². The van der Waals surface area contributed by atoms with E-state index in [4.69, 9.17) is 4.74 Å². The summed E-state index contributed by atoms with van der Waals surface area (Å²) < 4.78 is 8.32. The topological polar surface area (TPSA) is 26.2 Å². The van der Waals surface area contributed by atoms with Crippen LogP contribution in [0.15, 0.2) is 18.5 Å². The van der Waals surface area contributed by atoms with E-state index in [1.165, 1.54) is 24.8 Å². The first kappa shape index (κ1) is 14.6. The van der Waals surface area contributed by atoms with E-state index >= 15 is 0 Å². The number of ether oxygens (including phenoxy) is 1. The van der Waals surface area contributed by atoms with Gasteiger partial charge in [-0.3, -0.25) is 0 Å². The Labute approximate surface area is 117 Å². The van der Waals surface area contributed by atoms with Crippen molar-refractivity contribution in [1.29, 1.82) is 0 Å². The predicted molar refractivity (Wildman–Crippen MR) is 79.3 cm³/mol. The van der Waals surface area contributed by atoms with Gasteiger partial charge in [-0.15, -0.1) is 0 Å². The molecule has 0 bridgehead atoms. The summed E-state index contributed by atoms with van der Waals surface area (Å²) in [5, 5.41) is 3.52. The van der Waals surface area contributed by atoms with Crippen LogP contribution < -0.4 is 5.32 Å². The second kappa shape index (κ2) is 6.10. The number of nitrogens with zero attached hydrogens (tertiary/aromatic N) is 1. The molecule has 1 aromatic rings. The van der Waals surface area contributed by atoms with Crippen LogP contribution in [0.5, 0.6) is 0 Å². The van der Waals surface area contributed by atoms with Crippen molar-refractivity contribution in [3.05, 3.63) is 24.0 Å². The predicted octanol–water partition coefficient (Wildman–Crippen LogP) is 3.51. The summed E-state index contributed by atoms with van der Waals surface area (Å²) in [6.45, 7) is 10.8. The highest BCUT2D eigenvalue weighted by atomic mass is 16.5. The molecular formula is C16H28N2O. The zero-order chi connectivity index (χ0) is 13.9. The quantitative estimate of drug-likeness (QED) is 0.851. The molecule has 1 fully saturated rings. The molecule has 1 saturated heterocycles. The van der Waals surface area contributed by atoms with Gasteiger partial charge in [0.2, 0.25) is 0 Å². The van der Waals surface area contributed by atoms with Crippen LogP contribution in [-0.4, -0.2) is 22.8 Å². The number of hydrogen-bond donors (Lipinski definition) is 1. The molecule has 0 saturated carbocycles. The Morgan fingerprint density at radius 2 is 2.32 bits per heavy atom. The molecular weight excluding hydrogens is 236 g/mol. The van der Waals surface area contributed by atoms with Crippen LogP contribution in [0.25, 0.3) is 0 Å². The number of rotatable bonds is 6. The molecule has 19 heavy (non-hydrogen) atoms. The number of aromatic nitrogens is 1. The van der Waals surface area contributed by atoms with E-state index in [0.717, 1.165) is 13.1 Å². The average Bonchev–Trinajstić information content (AvgIpc) is 2.93. The molecule has 2 rings (SSSR count). The lowest BCUT2D eigenvalue weighted by Crippen LogP contribution is -2.22. The van der Waals surface area contributed by atoms with Crippen molar-refractivity contribution < 1.29 is 4.74 Å². The van der Waals surface area contributed by atoms with E-state index in [1.54, 1.807) is 0 Å². The Hall–Kier alpha value is -0.800. The molecule has 0 radical (unpaired) electrons. The first-order valence-corrected chi connectivity index (χ1v) is 7.57. The molecule has 3 nitrogen and oxygen atoms in total. The highest BCUT2D eigenvalue weighted by Gasteiger charge is 2.31. The normalized spacial score (nSPS) is 23.7. The van der Waals surface area contributed by atoms with Crippen LogP contribution in [0.4, 0.5) is 0 Å². The maximum atomic E-state index is 6.05. The summed E-state index contributed by atoms with van der Waals surface area (Å²) in [5.41, 5.74) is 1.43. The fraction of sp³-hybridized carbons (Fsp3) is 0.750. The first-order chi connectivity index (χ1) is 9.00. The molecule has 1 N–H and O–H groups in total. The largest absolute Gasteiger partial charge is 0.370 e. The molecule has 108 valence electrons. The summed E-state index contributed by atoms with van der Waals surface area (Å²) in [7, 11) is 0. The van der Waals surface area contributed by atoms with Gasteiger partial charge in [0.15, 0.2) is 0 Å². The van der Waals surface area contributed by atoms with Gasteiger partial charge in [0.1, 0.15) is 0 Å². The van der Waals surface area contributed by atoms with E-state index in [-0.39, 0.29) is 5.60 Å². The molecule has 3 heteroatoms. The van der Waals surface area contributed by atoms with E-state index in [9.17, 15) is 0 Å². The highest BCUT2D eigenvalue weighted by molar-refractivity contribution is 5.14. The van der Waals surface area contributed by atoms with Gasteiger partial charge in [-0.25, -0.2) is 0 Å². The van der Waals surface area contributed by atoms with Crippen molar-refractivity contribution in [3.63, 3.8) is 0 Å². The second-order valence-corrected chi connectivity index (χ2v) is 6.36. The Morgan fingerprint density at radius 1 is 1.53 bits per heavy atom. The lowest BCUT2D eigenvalue weighted by Gasteiger charge is -2.19. The van der Waals surface area contributed by atoms with Crippen LogP contribution in [0.2, 0.25) is 0 Å². The lowest BCUT2D eigenvalue weighted by atomic mass is 10.1. The van der Waals surface area contributed by atoms with Gasteiger partial charge in [-0.1, -0.05) is 6.92 Å². The number of nitrogens with one attached hydrogen (secondary N) is 1. The summed E-state index contributed by atoms with van der Waals surface area (Å²) >= 11 is 0. The van der Waals surface area contributed by atoms with Crippen LogP contribution >= 0.6 is 0 Å². The minimum Gasteiger partial charge on any atom is -0.370 e. The minimum atomic E-state index is 0.0661. The maximum absolute atomic E-state index is 6.05. The third-order valence-corrected chi connectivity index (χ3v) is 3.94. The third-order valence-electron chi connectivity index (χ3n) is 3.94. The SMILES string of the molecule is CCCNC(C)c1ccn(CC2CCC(C)(C)O2)c1. The van der Waals surface area contributed by atoms with Crippen LogP contribution in [-0.2, 0) is 11.3 Å². The zero-order valence-electron chi connectivity index (χ0n) is 12.8. The zero-order valence-corrected chi connectivity index (χ0v) is 12.8. The van der Waals surface area contributed by atoms with Crippen molar-refractivity contribution in [3.8, 4) is 0 Å². The smallest absolute Gasteiger partial charge is 0.0762 e. The van der Waals surface area contributed by atoms with Gasteiger partial charge in [-0.2, -0.15) is 0 Å². The molecule has 2 unspecified atom stereocenters. The van der Waals surface area contributed by atoms with Crippen molar-refractivity contribution in [1.82, 2.24) is 9.88 Å². The molecule has 1 aliphatic rings. The number of hydrogen-bond acceptors (Lipinski definition) is 2. The summed E-state index contributed by atoms with van der Waals surface area (Å²) in [6.07, 6.45) is 8.31. The van der Waals surface area contributed by atoms with Gasteiger partial charge >= 0.3 is 0 Å². The first-order valence-electron chi connectivity index (χ1n) is 7.57. The van der Waals surface area contributed by atoms with Gasteiger partial charge in [0.25, 0.3) is 0 Å². The van der Waals surface area contributed by atoms with E-state index in [2.05, 4.69) is 56.0 Å². The van der Waals surface area contributed by atoms with Crippen molar-refractivity contribution >= 4 is 0 Å².